The zero-order chi connectivity index (χ0) is 13.5. The molecule has 0 aliphatic heterocycles. The summed E-state index contributed by atoms with van der Waals surface area (Å²) in [5, 5.41) is 10.1. The number of aliphatic imine (C=N–C) groups is 1. The molecule has 1 unspecified atom stereocenters. The van der Waals surface area contributed by atoms with Crippen LogP contribution in [0.5, 0.6) is 0 Å². The number of Topliss-reactive ketones (excluding diaryl/α,β-unsaturated/α-hetero) is 1. The van der Waals surface area contributed by atoms with E-state index in [9.17, 15) is 9.90 Å². The van der Waals surface area contributed by atoms with E-state index in [2.05, 4.69) is 11.9 Å². The molecule has 0 fully saturated rings. The summed E-state index contributed by atoms with van der Waals surface area (Å²) in [4.78, 5) is 16.6. The van der Waals surface area contributed by atoms with Gasteiger partial charge in [-0.2, -0.15) is 11.8 Å². The molecule has 3 nitrogen and oxygen atoms in total. The molecule has 4 heteroatoms. The van der Waals surface area contributed by atoms with Crippen LogP contribution in [-0.2, 0) is 4.79 Å². The molecule has 1 N–H and O–H groups in total. The molecule has 0 bridgehead atoms. The molecular formula is C14H23NO2S. The highest BCUT2D eigenvalue weighted by Crippen LogP contribution is 2.29. The van der Waals surface area contributed by atoms with Crippen molar-refractivity contribution in [1.82, 2.24) is 0 Å². The van der Waals surface area contributed by atoms with Gasteiger partial charge in [0.1, 0.15) is 5.76 Å². The van der Waals surface area contributed by atoms with Crippen LogP contribution in [0.3, 0.4) is 0 Å². The van der Waals surface area contributed by atoms with Gasteiger partial charge in [0.25, 0.3) is 0 Å². The van der Waals surface area contributed by atoms with Crippen LogP contribution in [-0.4, -0.2) is 35.2 Å². The zero-order valence-corrected chi connectivity index (χ0v) is 12.3. The van der Waals surface area contributed by atoms with E-state index in [0.717, 1.165) is 17.9 Å². The van der Waals surface area contributed by atoms with E-state index >= 15 is 0 Å². The molecule has 0 aromatic carbocycles. The smallest absolute Gasteiger partial charge is 0.168 e. The maximum absolute atomic E-state index is 12.1. The number of ketones is 1. The number of carbonyl (C=O) groups excluding carboxylic acids is 1. The van der Waals surface area contributed by atoms with Gasteiger partial charge in [-0.05, 0) is 18.6 Å². The molecule has 0 amide bonds. The Kier molecular flexibility index (Phi) is 6.47. The largest absolute Gasteiger partial charge is 0.511 e. The van der Waals surface area contributed by atoms with Crippen LogP contribution in [0.1, 0.15) is 39.5 Å². The van der Waals surface area contributed by atoms with Crippen molar-refractivity contribution in [1.29, 1.82) is 0 Å². The monoisotopic (exact) mass is 269 g/mol. The summed E-state index contributed by atoms with van der Waals surface area (Å²) >= 11 is 1.74. The van der Waals surface area contributed by atoms with Crippen molar-refractivity contribution >= 4 is 23.3 Å². The van der Waals surface area contributed by atoms with Gasteiger partial charge < -0.3 is 5.11 Å². The van der Waals surface area contributed by atoms with Crippen molar-refractivity contribution in [2.24, 2.45) is 10.9 Å². The van der Waals surface area contributed by atoms with Crippen LogP contribution in [0.15, 0.2) is 16.3 Å². The fraction of sp³-hybridized carbons (Fsp3) is 0.714. The fourth-order valence-electron chi connectivity index (χ4n) is 2.23. The van der Waals surface area contributed by atoms with Crippen molar-refractivity contribution in [3.63, 3.8) is 0 Å². The lowest BCUT2D eigenvalue weighted by Crippen LogP contribution is -2.24. The van der Waals surface area contributed by atoms with Gasteiger partial charge >= 0.3 is 0 Å². The molecule has 0 aromatic heterocycles. The lowest BCUT2D eigenvalue weighted by atomic mass is 9.83. The molecule has 0 saturated heterocycles. The summed E-state index contributed by atoms with van der Waals surface area (Å²) in [6, 6.07) is 0. The minimum absolute atomic E-state index is 0.0651. The molecular weight excluding hydrogens is 246 g/mol. The predicted molar refractivity (Wildman–Crippen MR) is 78.7 cm³/mol. The van der Waals surface area contributed by atoms with Crippen molar-refractivity contribution in [3.8, 4) is 0 Å². The first-order valence-electron chi connectivity index (χ1n) is 6.61. The molecule has 0 saturated carbocycles. The Morgan fingerprint density at radius 2 is 2.17 bits per heavy atom. The second-order valence-electron chi connectivity index (χ2n) is 4.60. The SMILES string of the molecule is CCC(=NCCSC)C1=C(O)CC(CC)CC1=O. The Labute approximate surface area is 114 Å². The number of rotatable bonds is 6. The Morgan fingerprint density at radius 1 is 1.44 bits per heavy atom. The molecule has 1 aliphatic rings. The third-order valence-electron chi connectivity index (χ3n) is 3.32. The Hall–Kier alpha value is -0.770. The minimum Gasteiger partial charge on any atom is -0.511 e. The highest BCUT2D eigenvalue weighted by molar-refractivity contribution is 7.98. The average Bonchev–Trinajstić information content (AvgIpc) is 2.35. The summed E-state index contributed by atoms with van der Waals surface area (Å²) in [5.41, 5.74) is 1.28. The van der Waals surface area contributed by atoms with Crippen molar-refractivity contribution in [2.45, 2.75) is 39.5 Å². The number of hydrogen-bond donors (Lipinski definition) is 1. The molecule has 18 heavy (non-hydrogen) atoms. The molecule has 1 rings (SSSR count). The number of aliphatic hydroxyl groups is 1. The zero-order valence-electron chi connectivity index (χ0n) is 11.5. The van der Waals surface area contributed by atoms with Crippen LogP contribution >= 0.6 is 11.8 Å². The fourth-order valence-corrected chi connectivity index (χ4v) is 2.50. The quantitative estimate of drug-likeness (QED) is 0.594. The number of hydrogen-bond acceptors (Lipinski definition) is 4. The van der Waals surface area contributed by atoms with E-state index in [-0.39, 0.29) is 11.5 Å². The van der Waals surface area contributed by atoms with Crippen LogP contribution in [0.4, 0.5) is 0 Å². The van der Waals surface area contributed by atoms with E-state index in [1.54, 1.807) is 11.8 Å². The summed E-state index contributed by atoms with van der Waals surface area (Å²) in [6.45, 7) is 4.76. The van der Waals surface area contributed by atoms with Crippen LogP contribution in [0.25, 0.3) is 0 Å². The van der Waals surface area contributed by atoms with Gasteiger partial charge in [-0.15, -0.1) is 0 Å². The first-order valence-corrected chi connectivity index (χ1v) is 8.01. The molecule has 0 aromatic rings. The lowest BCUT2D eigenvalue weighted by Gasteiger charge is -2.22. The number of aliphatic hydroxyl groups excluding tert-OH is 1. The number of carbonyl (C=O) groups is 1. The van der Waals surface area contributed by atoms with Crippen molar-refractivity contribution < 1.29 is 9.90 Å². The van der Waals surface area contributed by atoms with Crippen molar-refractivity contribution in [3.05, 3.63) is 11.3 Å². The van der Waals surface area contributed by atoms with Crippen LogP contribution in [0, 0.1) is 5.92 Å². The number of thioether (sulfide) groups is 1. The van der Waals surface area contributed by atoms with Crippen molar-refractivity contribution in [2.75, 3.05) is 18.6 Å². The Morgan fingerprint density at radius 3 is 2.67 bits per heavy atom. The molecule has 0 heterocycles. The topological polar surface area (TPSA) is 49.7 Å². The lowest BCUT2D eigenvalue weighted by molar-refractivity contribution is -0.116. The standard InChI is InChI=1S/C14H23NO2S/c1-4-10-8-12(16)14(13(17)9-10)11(5-2)15-6-7-18-3/h10,16H,4-9H2,1-3H3. The maximum atomic E-state index is 12.1. The second-order valence-corrected chi connectivity index (χ2v) is 5.59. The molecule has 0 spiro atoms. The van der Waals surface area contributed by atoms with Gasteiger partial charge in [0.15, 0.2) is 5.78 Å². The molecule has 102 valence electrons. The van der Waals surface area contributed by atoms with Gasteiger partial charge in [0.05, 0.1) is 5.57 Å². The molecule has 1 atom stereocenters. The summed E-state index contributed by atoms with van der Waals surface area (Å²) in [6.07, 6.45) is 4.86. The summed E-state index contributed by atoms with van der Waals surface area (Å²) in [7, 11) is 0. The molecule has 1 aliphatic carbocycles. The summed E-state index contributed by atoms with van der Waals surface area (Å²) < 4.78 is 0. The van der Waals surface area contributed by atoms with Crippen LogP contribution < -0.4 is 0 Å². The Bertz CT molecular complexity index is 361. The minimum atomic E-state index is 0.0651. The van der Waals surface area contributed by atoms with Gasteiger partial charge in [-0.3, -0.25) is 9.79 Å². The third-order valence-corrected chi connectivity index (χ3v) is 3.91. The number of allylic oxidation sites excluding steroid dienone is 2. The van der Waals surface area contributed by atoms with E-state index < -0.39 is 0 Å². The van der Waals surface area contributed by atoms with Gasteiger partial charge in [-0.25, -0.2) is 0 Å². The number of nitrogens with zero attached hydrogens (tertiary/aromatic N) is 1. The van der Waals surface area contributed by atoms with E-state index in [4.69, 9.17) is 0 Å². The predicted octanol–water partition coefficient (Wildman–Crippen LogP) is 3.40. The first-order chi connectivity index (χ1) is 8.63. The third kappa shape index (κ3) is 3.87. The van der Waals surface area contributed by atoms with E-state index in [0.29, 0.717) is 37.3 Å². The first kappa shape index (κ1) is 15.3. The van der Waals surface area contributed by atoms with Crippen LogP contribution in [0.2, 0.25) is 0 Å². The highest BCUT2D eigenvalue weighted by Gasteiger charge is 2.28. The van der Waals surface area contributed by atoms with Gasteiger partial charge in [0.2, 0.25) is 0 Å². The Balaban J connectivity index is 2.90. The normalized spacial score (nSPS) is 21.6. The van der Waals surface area contributed by atoms with E-state index in [1.165, 1.54) is 0 Å². The average molecular weight is 269 g/mol. The molecule has 0 radical (unpaired) electrons. The van der Waals surface area contributed by atoms with Gasteiger partial charge in [0, 0.05) is 30.9 Å². The second kappa shape index (κ2) is 7.62. The van der Waals surface area contributed by atoms with E-state index in [1.807, 2.05) is 13.2 Å². The van der Waals surface area contributed by atoms with Gasteiger partial charge in [-0.1, -0.05) is 20.3 Å². The summed E-state index contributed by atoms with van der Waals surface area (Å²) in [5.74, 6) is 1.56. The maximum Gasteiger partial charge on any atom is 0.168 e. The highest BCUT2D eigenvalue weighted by atomic mass is 32.2.